The van der Waals surface area contributed by atoms with Crippen molar-refractivity contribution >= 4 is 22.7 Å². The van der Waals surface area contributed by atoms with E-state index in [9.17, 15) is 0 Å². The van der Waals surface area contributed by atoms with Gasteiger partial charge >= 0.3 is 0 Å². The molecule has 0 aliphatic rings. The molecule has 0 spiro atoms. The number of rotatable bonds is 2. The first kappa shape index (κ1) is 10.4. The fourth-order valence-corrected chi connectivity index (χ4v) is 2.10. The Labute approximate surface area is 94.1 Å². The second-order valence-corrected chi connectivity index (χ2v) is 4.58. The maximum atomic E-state index is 4.64. The van der Waals surface area contributed by atoms with E-state index in [0.29, 0.717) is 5.92 Å². The number of pyridine rings is 2. The normalized spacial score (nSPS) is 11.2. The highest BCUT2D eigenvalue weighted by atomic mass is 32.2. The molecule has 2 heterocycles. The summed E-state index contributed by atoms with van der Waals surface area (Å²) in [6.45, 7) is 4.31. The Balaban J connectivity index is 2.71. The van der Waals surface area contributed by atoms with Crippen molar-refractivity contribution in [1.82, 2.24) is 9.97 Å². The summed E-state index contributed by atoms with van der Waals surface area (Å²) in [5.41, 5.74) is 2.16. The Morgan fingerprint density at radius 1 is 1.33 bits per heavy atom. The zero-order chi connectivity index (χ0) is 10.8. The molecule has 0 aliphatic carbocycles. The Morgan fingerprint density at radius 2 is 2.13 bits per heavy atom. The van der Waals surface area contributed by atoms with Gasteiger partial charge in [0.05, 0.1) is 5.52 Å². The molecule has 0 aliphatic heterocycles. The molecular weight excluding hydrogens is 204 g/mol. The van der Waals surface area contributed by atoms with E-state index in [2.05, 4.69) is 42.2 Å². The smallest absolute Gasteiger partial charge is 0.105 e. The maximum absolute atomic E-state index is 4.64. The van der Waals surface area contributed by atoms with Crippen molar-refractivity contribution in [2.45, 2.75) is 24.8 Å². The molecule has 0 bridgehead atoms. The zero-order valence-electron chi connectivity index (χ0n) is 9.19. The number of hydrogen-bond donors (Lipinski definition) is 0. The van der Waals surface area contributed by atoms with Gasteiger partial charge in [0.2, 0.25) is 0 Å². The average Bonchev–Trinajstić information content (AvgIpc) is 2.27. The van der Waals surface area contributed by atoms with Gasteiger partial charge < -0.3 is 0 Å². The van der Waals surface area contributed by atoms with Crippen molar-refractivity contribution in [1.29, 1.82) is 0 Å². The van der Waals surface area contributed by atoms with Gasteiger partial charge in [-0.3, -0.25) is 4.98 Å². The summed E-state index contributed by atoms with van der Waals surface area (Å²) in [7, 11) is 0. The van der Waals surface area contributed by atoms with Crippen LogP contribution in [0.1, 0.15) is 25.5 Å². The lowest BCUT2D eigenvalue weighted by molar-refractivity contribution is 0.809. The third-order valence-corrected chi connectivity index (χ3v) is 3.07. The Bertz CT molecular complexity index is 480. The summed E-state index contributed by atoms with van der Waals surface area (Å²) in [6.07, 6.45) is 3.88. The van der Waals surface area contributed by atoms with Gasteiger partial charge in [-0.05, 0) is 30.4 Å². The number of nitrogens with zero attached hydrogens (tertiary/aromatic N) is 2. The van der Waals surface area contributed by atoms with Crippen molar-refractivity contribution in [3.8, 4) is 0 Å². The number of thioether (sulfide) groups is 1. The predicted molar refractivity (Wildman–Crippen MR) is 65.4 cm³/mol. The minimum absolute atomic E-state index is 0.447. The van der Waals surface area contributed by atoms with E-state index in [4.69, 9.17) is 0 Å². The van der Waals surface area contributed by atoms with E-state index in [0.717, 1.165) is 21.6 Å². The minimum Gasteiger partial charge on any atom is -0.256 e. The van der Waals surface area contributed by atoms with Crippen LogP contribution in [0, 0.1) is 0 Å². The van der Waals surface area contributed by atoms with Crippen LogP contribution in [-0.2, 0) is 0 Å². The summed E-state index contributed by atoms with van der Waals surface area (Å²) in [6, 6.07) is 6.11. The molecule has 0 saturated heterocycles. The van der Waals surface area contributed by atoms with Crippen LogP contribution in [0.2, 0.25) is 0 Å². The molecular formula is C12H14N2S. The summed E-state index contributed by atoms with van der Waals surface area (Å²) in [5, 5.41) is 2.22. The highest BCUT2D eigenvalue weighted by Gasteiger charge is 2.07. The van der Waals surface area contributed by atoms with Crippen LogP contribution in [0.5, 0.6) is 0 Å². The van der Waals surface area contributed by atoms with Crippen molar-refractivity contribution in [2.75, 3.05) is 6.26 Å². The minimum atomic E-state index is 0.447. The summed E-state index contributed by atoms with van der Waals surface area (Å²) in [4.78, 5) is 9.02. The van der Waals surface area contributed by atoms with Crippen LogP contribution in [0.3, 0.4) is 0 Å². The van der Waals surface area contributed by atoms with Crippen molar-refractivity contribution in [3.63, 3.8) is 0 Å². The quantitative estimate of drug-likeness (QED) is 0.722. The van der Waals surface area contributed by atoms with E-state index in [1.165, 1.54) is 0 Å². The van der Waals surface area contributed by atoms with Crippen LogP contribution in [0.25, 0.3) is 10.9 Å². The van der Waals surface area contributed by atoms with Crippen LogP contribution >= 0.6 is 11.8 Å². The molecule has 0 amide bonds. The lowest BCUT2D eigenvalue weighted by atomic mass is 10.1. The van der Waals surface area contributed by atoms with Gasteiger partial charge in [0.15, 0.2) is 0 Å². The van der Waals surface area contributed by atoms with Crippen LogP contribution in [-0.4, -0.2) is 16.2 Å². The molecule has 2 nitrogen and oxygen atoms in total. The lowest BCUT2D eigenvalue weighted by Gasteiger charge is -2.08. The second-order valence-electron chi connectivity index (χ2n) is 3.78. The third-order valence-electron chi connectivity index (χ3n) is 2.37. The first-order valence-corrected chi connectivity index (χ1v) is 6.24. The molecule has 0 N–H and O–H groups in total. The van der Waals surface area contributed by atoms with Gasteiger partial charge in [-0.1, -0.05) is 13.8 Å². The SMILES string of the molecule is CSc1nc(C(C)C)cc2ncccc12. The van der Waals surface area contributed by atoms with Gasteiger partial charge in [-0.25, -0.2) is 4.98 Å². The molecule has 3 heteroatoms. The predicted octanol–water partition coefficient (Wildman–Crippen LogP) is 3.48. The highest BCUT2D eigenvalue weighted by Crippen LogP contribution is 2.26. The number of hydrogen-bond acceptors (Lipinski definition) is 3. The van der Waals surface area contributed by atoms with E-state index in [1.54, 1.807) is 11.8 Å². The molecule has 2 rings (SSSR count). The van der Waals surface area contributed by atoms with E-state index in [-0.39, 0.29) is 0 Å². The molecule has 78 valence electrons. The van der Waals surface area contributed by atoms with Gasteiger partial charge in [0.25, 0.3) is 0 Å². The highest BCUT2D eigenvalue weighted by molar-refractivity contribution is 7.98. The number of aromatic nitrogens is 2. The standard InChI is InChI=1S/C12H14N2S/c1-8(2)10-7-11-9(5-4-6-13-11)12(14-10)15-3/h4-8H,1-3H3. The van der Waals surface area contributed by atoms with Crippen LogP contribution < -0.4 is 0 Å². The molecule has 0 atom stereocenters. The first-order chi connectivity index (χ1) is 7.22. The molecule has 2 aromatic heterocycles. The Kier molecular flexibility index (Phi) is 2.91. The zero-order valence-corrected chi connectivity index (χ0v) is 10.0. The molecule has 2 aromatic rings. The molecule has 0 saturated carbocycles. The van der Waals surface area contributed by atoms with Gasteiger partial charge in [0, 0.05) is 17.3 Å². The molecule has 15 heavy (non-hydrogen) atoms. The summed E-state index contributed by atoms with van der Waals surface area (Å²) in [5.74, 6) is 0.447. The van der Waals surface area contributed by atoms with Crippen molar-refractivity contribution in [2.24, 2.45) is 0 Å². The topological polar surface area (TPSA) is 25.8 Å². The molecule has 0 fully saturated rings. The van der Waals surface area contributed by atoms with Gasteiger partial charge in [-0.15, -0.1) is 11.8 Å². The fourth-order valence-electron chi connectivity index (χ4n) is 1.51. The summed E-state index contributed by atoms with van der Waals surface area (Å²) >= 11 is 1.68. The van der Waals surface area contributed by atoms with E-state index < -0.39 is 0 Å². The van der Waals surface area contributed by atoms with Gasteiger partial charge in [-0.2, -0.15) is 0 Å². The van der Waals surface area contributed by atoms with Gasteiger partial charge in [0.1, 0.15) is 5.03 Å². The van der Waals surface area contributed by atoms with Crippen LogP contribution in [0.15, 0.2) is 29.4 Å². The van der Waals surface area contributed by atoms with E-state index >= 15 is 0 Å². The van der Waals surface area contributed by atoms with Crippen molar-refractivity contribution in [3.05, 3.63) is 30.1 Å². The van der Waals surface area contributed by atoms with Crippen LogP contribution in [0.4, 0.5) is 0 Å². The summed E-state index contributed by atoms with van der Waals surface area (Å²) < 4.78 is 0. The third kappa shape index (κ3) is 1.97. The number of fused-ring (bicyclic) bond motifs is 1. The Morgan fingerprint density at radius 3 is 2.80 bits per heavy atom. The lowest BCUT2D eigenvalue weighted by Crippen LogP contribution is -1.95. The van der Waals surface area contributed by atoms with E-state index in [1.807, 2.05) is 12.3 Å². The molecule has 0 aromatic carbocycles. The Hall–Kier alpha value is -1.09. The fraction of sp³-hybridized carbons (Fsp3) is 0.333. The second kappa shape index (κ2) is 4.19. The maximum Gasteiger partial charge on any atom is 0.105 e. The first-order valence-electron chi connectivity index (χ1n) is 5.02. The average molecular weight is 218 g/mol. The largest absolute Gasteiger partial charge is 0.256 e. The monoisotopic (exact) mass is 218 g/mol. The molecule has 0 radical (unpaired) electrons. The molecule has 0 unspecified atom stereocenters. The van der Waals surface area contributed by atoms with Crippen molar-refractivity contribution < 1.29 is 0 Å².